The fraction of sp³-hybridized carbons (Fsp3) is 0.429. The predicted molar refractivity (Wildman–Crippen MR) is 67.9 cm³/mol. The number of carbonyl (C=O) groups excluding carboxylic acids is 1. The molecule has 1 N–H and O–H groups in total. The highest BCUT2D eigenvalue weighted by Crippen LogP contribution is 2.29. The van der Waals surface area contributed by atoms with Gasteiger partial charge in [0.2, 0.25) is 0 Å². The Balaban J connectivity index is 2.27. The first-order valence-electron chi connectivity index (χ1n) is 6.13. The number of methoxy groups -OCH3 is 1. The quantitative estimate of drug-likeness (QED) is 0.816. The second-order valence-corrected chi connectivity index (χ2v) is 4.57. The van der Waals surface area contributed by atoms with E-state index in [1.54, 1.807) is 4.90 Å². The molecule has 0 aromatic heterocycles. The number of esters is 1. The van der Waals surface area contributed by atoms with Crippen molar-refractivity contribution in [3.63, 3.8) is 0 Å². The Morgan fingerprint density at radius 1 is 1.53 bits per heavy atom. The van der Waals surface area contributed by atoms with E-state index in [1.807, 2.05) is 30.3 Å². The van der Waals surface area contributed by atoms with Gasteiger partial charge in [0, 0.05) is 13.0 Å². The average Bonchev–Trinajstić information content (AvgIpc) is 2.82. The largest absolute Gasteiger partial charge is 0.468 e. The Labute approximate surface area is 112 Å². The Morgan fingerprint density at radius 2 is 2.21 bits per heavy atom. The molecule has 1 saturated heterocycles. The molecule has 0 amide bonds. The van der Waals surface area contributed by atoms with Crippen LogP contribution in [0.15, 0.2) is 30.3 Å². The van der Waals surface area contributed by atoms with Crippen LogP contribution < -0.4 is 0 Å². The van der Waals surface area contributed by atoms with E-state index < -0.39 is 24.2 Å². The van der Waals surface area contributed by atoms with Gasteiger partial charge in [0.1, 0.15) is 12.1 Å². The van der Waals surface area contributed by atoms with Crippen molar-refractivity contribution in [3.05, 3.63) is 35.9 Å². The van der Waals surface area contributed by atoms with Crippen molar-refractivity contribution in [2.75, 3.05) is 13.7 Å². The van der Waals surface area contributed by atoms with Crippen molar-refractivity contribution < 1.29 is 14.6 Å². The van der Waals surface area contributed by atoms with E-state index in [2.05, 4.69) is 6.07 Å². The molecule has 5 nitrogen and oxygen atoms in total. The van der Waals surface area contributed by atoms with Crippen LogP contribution in [-0.4, -0.2) is 41.8 Å². The van der Waals surface area contributed by atoms with E-state index in [0.29, 0.717) is 13.0 Å². The highest BCUT2D eigenvalue weighted by atomic mass is 16.5. The average molecular weight is 260 g/mol. The van der Waals surface area contributed by atoms with Crippen molar-refractivity contribution in [2.45, 2.75) is 24.6 Å². The number of benzene rings is 1. The molecule has 0 bridgehead atoms. The predicted octanol–water partition coefficient (Wildman–Crippen LogP) is 0.859. The third kappa shape index (κ3) is 2.75. The lowest BCUT2D eigenvalue weighted by Gasteiger charge is -2.26. The Kier molecular flexibility index (Phi) is 4.15. The van der Waals surface area contributed by atoms with Gasteiger partial charge in [0.05, 0.1) is 19.3 Å². The summed E-state index contributed by atoms with van der Waals surface area (Å²) in [7, 11) is 1.31. The summed E-state index contributed by atoms with van der Waals surface area (Å²) in [6.45, 7) is 0.298. The zero-order valence-electron chi connectivity index (χ0n) is 10.7. The summed E-state index contributed by atoms with van der Waals surface area (Å²) in [5, 5.41) is 19.1. The van der Waals surface area contributed by atoms with Crippen LogP contribution in [0.1, 0.15) is 18.0 Å². The van der Waals surface area contributed by atoms with Crippen LogP contribution in [0.25, 0.3) is 0 Å². The minimum atomic E-state index is -0.608. The Hall–Kier alpha value is -1.90. The van der Waals surface area contributed by atoms with Gasteiger partial charge in [0.25, 0.3) is 0 Å². The Bertz CT molecular complexity index is 483. The van der Waals surface area contributed by atoms with Crippen LogP contribution in [0.4, 0.5) is 0 Å². The highest BCUT2D eigenvalue weighted by Gasteiger charge is 2.41. The van der Waals surface area contributed by atoms with Crippen LogP contribution in [0.5, 0.6) is 0 Å². The molecule has 19 heavy (non-hydrogen) atoms. The minimum Gasteiger partial charge on any atom is -0.468 e. The van der Waals surface area contributed by atoms with E-state index in [0.717, 1.165) is 5.56 Å². The maximum atomic E-state index is 11.7. The molecule has 1 heterocycles. The summed E-state index contributed by atoms with van der Waals surface area (Å²) < 4.78 is 4.74. The first-order chi connectivity index (χ1) is 9.17. The number of aliphatic hydroxyl groups excluding tert-OH is 1. The minimum absolute atomic E-state index is 0.298. The molecule has 100 valence electrons. The number of hydrogen-bond donors (Lipinski definition) is 1. The standard InChI is InChI=1S/C14H16N2O3/c1-19-14(18)12-7-11(17)9-16(12)13(8-15)10-5-3-2-4-6-10/h2-6,11-13,17H,7,9H2,1H3/t11-,12+,13+/m1/s1. The van der Waals surface area contributed by atoms with Crippen LogP contribution in [-0.2, 0) is 9.53 Å². The summed E-state index contributed by atoms with van der Waals surface area (Å²) in [6.07, 6.45) is -0.304. The zero-order chi connectivity index (χ0) is 13.8. The molecule has 2 rings (SSSR count). The van der Waals surface area contributed by atoms with Crippen LogP contribution in [0.2, 0.25) is 0 Å². The van der Waals surface area contributed by atoms with Crippen molar-refractivity contribution in [1.29, 1.82) is 5.26 Å². The van der Waals surface area contributed by atoms with E-state index >= 15 is 0 Å². The van der Waals surface area contributed by atoms with Crippen molar-refractivity contribution in [3.8, 4) is 6.07 Å². The van der Waals surface area contributed by atoms with Gasteiger partial charge in [-0.25, -0.2) is 0 Å². The summed E-state index contributed by atoms with van der Waals surface area (Å²) in [5.74, 6) is -0.410. The van der Waals surface area contributed by atoms with Gasteiger partial charge in [-0.3, -0.25) is 9.69 Å². The molecule has 3 atom stereocenters. The zero-order valence-corrected chi connectivity index (χ0v) is 10.7. The summed E-state index contributed by atoms with van der Waals surface area (Å²) in [6, 6.07) is 10.3. The van der Waals surface area contributed by atoms with Crippen LogP contribution in [0.3, 0.4) is 0 Å². The second-order valence-electron chi connectivity index (χ2n) is 4.57. The van der Waals surface area contributed by atoms with Crippen LogP contribution >= 0.6 is 0 Å². The number of rotatable bonds is 3. The van der Waals surface area contributed by atoms with Gasteiger partial charge in [-0.05, 0) is 5.56 Å². The molecular weight excluding hydrogens is 244 g/mol. The number of ether oxygens (including phenoxy) is 1. The molecule has 1 aromatic carbocycles. The molecule has 0 radical (unpaired) electrons. The molecule has 5 heteroatoms. The van der Waals surface area contributed by atoms with Gasteiger partial charge in [-0.1, -0.05) is 30.3 Å². The summed E-state index contributed by atoms with van der Waals surface area (Å²) in [5.41, 5.74) is 0.813. The number of aliphatic hydroxyl groups is 1. The number of nitriles is 1. The molecule has 1 fully saturated rings. The van der Waals surface area contributed by atoms with Crippen molar-refractivity contribution in [1.82, 2.24) is 4.90 Å². The fourth-order valence-electron chi connectivity index (χ4n) is 2.47. The fourth-order valence-corrected chi connectivity index (χ4v) is 2.47. The topological polar surface area (TPSA) is 73.6 Å². The molecular formula is C14H16N2O3. The van der Waals surface area contributed by atoms with Gasteiger partial charge in [-0.2, -0.15) is 5.26 Å². The molecule has 0 aliphatic carbocycles. The normalized spacial score (nSPS) is 24.7. The molecule has 0 unspecified atom stereocenters. The van der Waals surface area contributed by atoms with E-state index in [9.17, 15) is 15.2 Å². The summed E-state index contributed by atoms with van der Waals surface area (Å²) in [4.78, 5) is 13.4. The number of likely N-dealkylation sites (tertiary alicyclic amines) is 1. The van der Waals surface area contributed by atoms with E-state index in [1.165, 1.54) is 7.11 Å². The SMILES string of the molecule is COC(=O)[C@@H]1C[C@@H](O)CN1[C@@H](C#N)c1ccccc1. The number of nitrogens with zero attached hydrogens (tertiary/aromatic N) is 2. The molecule has 1 aliphatic heterocycles. The van der Waals surface area contributed by atoms with E-state index in [4.69, 9.17) is 4.74 Å². The highest BCUT2D eigenvalue weighted by molar-refractivity contribution is 5.76. The van der Waals surface area contributed by atoms with Gasteiger partial charge in [-0.15, -0.1) is 0 Å². The monoisotopic (exact) mass is 260 g/mol. The van der Waals surface area contributed by atoms with Gasteiger partial charge < -0.3 is 9.84 Å². The maximum absolute atomic E-state index is 11.7. The first-order valence-corrected chi connectivity index (χ1v) is 6.13. The molecule has 1 aromatic rings. The van der Waals surface area contributed by atoms with Crippen molar-refractivity contribution in [2.24, 2.45) is 0 Å². The lowest BCUT2D eigenvalue weighted by molar-refractivity contribution is -0.146. The van der Waals surface area contributed by atoms with E-state index in [-0.39, 0.29) is 0 Å². The lowest BCUT2D eigenvalue weighted by Crippen LogP contribution is -2.39. The second kappa shape index (κ2) is 5.83. The molecule has 1 aliphatic rings. The smallest absolute Gasteiger partial charge is 0.323 e. The molecule has 0 saturated carbocycles. The first kappa shape index (κ1) is 13.5. The Morgan fingerprint density at radius 3 is 2.79 bits per heavy atom. The third-order valence-corrected chi connectivity index (χ3v) is 3.36. The summed E-state index contributed by atoms with van der Waals surface area (Å²) >= 11 is 0. The van der Waals surface area contributed by atoms with Crippen LogP contribution in [0, 0.1) is 11.3 Å². The third-order valence-electron chi connectivity index (χ3n) is 3.36. The molecule has 0 spiro atoms. The maximum Gasteiger partial charge on any atom is 0.323 e. The van der Waals surface area contributed by atoms with Crippen molar-refractivity contribution >= 4 is 5.97 Å². The van der Waals surface area contributed by atoms with Gasteiger partial charge in [0.15, 0.2) is 0 Å². The van der Waals surface area contributed by atoms with Gasteiger partial charge >= 0.3 is 5.97 Å². The number of β-amino-alcohol motifs (C(OH)–C–C–N with tert-alkyl or cyclic N) is 1. The number of carbonyl (C=O) groups is 1. The lowest BCUT2D eigenvalue weighted by atomic mass is 10.1. The number of hydrogen-bond acceptors (Lipinski definition) is 5.